The number of carbonyl (C=O) groups excluding carboxylic acids is 1. The summed E-state index contributed by atoms with van der Waals surface area (Å²) in [5, 5.41) is 4.99. The van der Waals surface area contributed by atoms with Crippen LogP contribution in [0.4, 0.5) is 18.3 Å². The maximum absolute atomic E-state index is 12.9. The van der Waals surface area contributed by atoms with E-state index >= 15 is 0 Å². The van der Waals surface area contributed by atoms with Crippen molar-refractivity contribution >= 4 is 33.3 Å². The highest BCUT2D eigenvalue weighted by Gasteiger charge is 2.35. The maximum atomic E-state index is 12.9. The number of amides is 1. The van der Waals surface area contributed by atoms with Crippen LogP contribution in [0.3, 0.4) is 0 Å². The molecule has 1 saturated carbocycles. The lowest BCUT2D eigenvalue weighted by molar-refractivity contribution is -0.154. The number of anilines is 1. The molecule has 0 unspecified atom stereocenters. The van der Waals surface area contributed by atoms with Gasteiger partial charge in [-0.2, -0.15) is 13.2 Å². The van der Waals surface area contributed by atoms with E-state index in [4.69, 9.17) is 0 Å². The van der Waals surface area contributed by atoms with Crippen molar-refractivity contribution in [3.63, 3.8) is 0 Å². The molecule has 0 spiro atoms. The third-order valence-electron chi connectivity index (χ3n) is 5.26. The average Bonchev–Trinajstić information content (AvgIpc) is 3.51. The number of nitrogens with one attached hydrogen (secondary N) is 1. The molecule has 0 bridgehead atoms. The molecule has 4 rings (SSSR count). The highest BCUT2D eigenvalue weighted by molar-refractivity contribution is 7.74. The first-order valence-corrected chi connectivity index (χ1v) is 12.8. The fourth-order valence-corrected chi connectivity index (χ4v) is 5.26. The minimum atomic E-state index is -4.49. The van der Waals surface area contributed by atoms with E-state index in [1.54, 1.807) is 43.5 Å². The Morgan fingerprint density at radius 2 is 1.86 bits per heavy atom. The summed E-state index contributed by atoms with van der Waals surface area (Å²) >= 11 is 1.20. The minimum absolute atomic E-state index is 0.0529. The second-order valence-electron chi connectivity index (χ2n) is 8.63. The van der Waals surface area contributed by atoms with Crippen LogP contribution in [-0.4, -0.2) is 48.1 Å². The van der Waals surface area contributed by atoms with Crippen molar-refractivity contribution in [3.8, 4) is 17.1 Å². The van der Waals surface area contributed by atoms with E-state index < -0.39 is 29.2 Å². The summed E-state index contributed by atoms with van der Waals surface area (Å²) in [6.07, 6.45) is -0.441. The zero-order valence-corrected chi connectivity index (χ0v) is 20.9. The molecule has 1 fully saturated rings. The van der Waals surface area contributed by atoms with E-state index in [1.807, 2.05) is 0 Å². The second-order valence-corrected chi connectivity index (χ2v) is 10.4. The molecular formula is C22H22F3N5O4S2. The predicted molar refractivity (Wildman–Crippen MR) is 127 cm³/mol. The van der Waals surface area contributed by atoms with E-state index in [9.17, 15) is 26.4 Å². The molecule has 1 aliphatic rings. The second kappa shape index (κ2) is 10.0. The lowest BCUT2D eigenvalue weighted by Crippen LogP contribution is -2.41. The molecular weight excluding hydrogens is 519 g/mol. The standard InChI is InChI=1S/C22H22F3N5O4S2/c1-21(2,17-11-35-20(28-17)30(36(32)33)15-7-8-15)29-19(31)14-5-3-13(4-6-14)16-9-26-10-18(27-16)34-12-22(23,24)25/h3-6,9-11,15,36H,7-8,12H2,1-2H3,(H,29,31). The number of thiazole rings is 1. The SMILES string of the molecule is CC(C)(NC(=O)c1ccc(-c2cncc(OCC(F)(F)F)n2)cc1)c1csc(N(C2CC2)[SH](=O)=O)n1. The number of hydrogen-bond donors (Lipinski definition) is 2. The van der Waals surface area contributed by atoms with Crippen LogP contribution in [0.25, 0.3) is 11.3 Å². The van der Waals surface area contributed by atoms with Crippen molar-refractivity contribution in [2.45, 2.75) is 44.4 Å². The van der Waals surface area contributed by atoms with Crippen LogP contribution in [0.15, 0.2) is 42.0 Å². The van der Waals surface area contributed by atoms with Gasteiger partial charge in [-0.3, -0.25) is 9.78 Å². The Labute approximate surface area is 210 Å². The van der Waals surface area contributed by atoms with E-state index in [0.29, 0.717) is 22.0 Å². The number of thiol groups is 1. The van der Waals surface area contributed by atoms with Gasteiger partial charge < -0.3 is 10.1 Å². The molecule has 2 aromatic heterocycles. The fraction of sp³-hybridized carbons (Fsp3) is 0.364. The van der Waals surface area contributed by atoms with E-state index in [1.165, 1.54) is 21.8 Å². The Morgan fingerprint density at radius 1 is 1.17 bits per heavy atom. The summed E-state index contributed by atoms with van der Waals surface area (Å²) in [5.41, 5.74) is 0.799. The minimum Gasteiger partial charge on any atom is -0.467 e. The van der Waals surface area contributed by atoms with Crippen LogP contribution >= 0.6 is 11.3 Å². The monoisotopic (exact) mass is 541 g/mol. The lowest BCUT2D eigenvalue weighted by Gasteiger charge is -2.24. The van der Waals surface area contributed by atoms with Crippen molar-refractivity contribution in [2.24, 2.45) is 0 Å². The van der Waals surface area contributed by atoms with Crippen molar-refractivity contribution in [2.75, 3.05) is 10.9 Å². The summed E-state index contributed by atoms with van der Waals surface area (Å²) in [6, 6.07) is 6.24. The molecule has 1 aromatic carbocycles. The van der Waals surface area contributed by atoms with E-state index in [2.05, 4.69) is 25.0 Å². The molecule has 0 radical (unpaired) electrons. The Bertz CT molecular complexity index is 1310. The summed E-state index contributed by atoms with van der Waals surface area (Å²) in [7, 11) is -2.80. The van der Waals surface area contributed by atoms with Crippen LogP contribution in [0.1, 0.15) is 42.7 Å². The van der Waals surface area contributed by atoms with Crippen molar-refractivity contribution < 1.29 is 31.1 Å². The van der Waals surface area contributed by atoms with Gasteiger partial charge in [0.2, 0.25) is 16.8 Å². The number of alkyl halides is 3. The topological polar surface area (TPSA) is 114 Å². The van der Waals surface area contributed by atoms with Gasteiger partial charge in [0.25, 0.3) is 5.91 Å². The smallest absolute Gasteiger partial charge is 0.422 e. The summed E-state index contributed by atoms with van der Waals surface area (Å²) in [5.74, 6) is -0.652. The van der Waals surface area contributed by atoms with Gasteiger partial charge in [-0.25, -0.2) is 22.7 Å². The molecule has 3 aromatic rings. The first-order chi connectivity index (χ1) is 16.9. The number of ether oxygens (including phenoxy) is 1. The molecule has 2 heterocycles. The van der Waals surface area contributed by atoms with E-state index in [-0.39, 0.29) is 23.5 Å². The average molecular weight is 542 g/mol. The van der Waals surface area contributed by atoms with Crippen molar-refractivity contribution in [1.29, 1.82) is 0 Å². The van der Waals surface area contributed by atoms with Gasteiger partial charge in [0.1, 0.15) is 0 Å². The number of hydrogen-bond acceptors (Lipinski definition) is 8. The zero-order valence-electron chi connectivity index (χ0n) is 19.2. The van der Waals surface area contributed by atoms with Gasteiger partial charge in [0.05, 0.1) is 29.3 Å². The van der Waals surface area contributed by atoms with Crippen LogP contribution in [0.5, 0.6) is 5.88 Å². The molecule has 9 nitrogen and oxygen atoms in total. The van der Waals surface area contributed by atoms with Crippen molar-refractivity contribution in [1.82, 2.24) is 20.3 Å². The molecule has 192 valence electrons. The number of carbonyl (C=O) groups is 1. The van der Waals surface area contributed by atoms with Gasteiger partial charge in [-0.1, -0.05) is 12.1 Å². The maximum Gasteiger partial charge on any atom is 0.422 e. The number of rotatable bonds is 9. The van der Waals surface area contributed by atoms with Crippen LogP contribution in [-0.2, 0) is 16.4 Å². The highest BCUT2D eigenvalue weighted by Crippen LogP contribution is 2.35. The number of aromatic nitrogens is 3. The van der Waals surface area contributed by atoms with Crippen LogP contribution < -0.4 is 14.4 Å². The predicted octanol–water partition coefficient (Wildman–Crippen LogP) is 3.70. The fourth-order valence-electron chi connectivity index (χ4n) is 3.26. The van der Waals surface area contributed by atoms with Gasteiger partial charge in [-0.05, 0) is 38.8 Å². The Hall–Kier alpha value is -3.26. The molecule has 0 atom stereocenters. The molecule has 0 aliphatic heterocycles. The first kappa shape index (κ1) is 25.8. The Morgan fingerprint density at radius 3 is 2.47 bits per heavy atom. The van der Waals surface area contributed by atoms with Crippen LogP contribution in [0, 0.1) is 0 Å². The van der Waals surface area contributed by atoms with Gasteiger partial charge in [-0.15, -0.1) is 11.3 Å². The molecule has 1 aliphatic carbocycles. The third-order valence-corrected chi connectivity index (χ3v) is 7.11. The largest absolute Gasteiger partial charge is 0.467 e. The number of halogens is 3. The Balaban J connectivity index is 1.44. The molecule has 36 heavy (non-hydrogen) atoms. The summed E-state index contributed by atoms with van der Waals surface area (Å²) in [6.45, 7) is 2.05. The van der Waals surface area contributed by atoms with E-state index in [0.717, 1.165) is 19.0 Å². The normalized spacial score (nSPS) is 14.1. The number of benzene rings is 1. The Kier molecular flexibility index (Phi) is 7.18. The quantitative estimate of drug-likeness (QED) is 0.397. The van der Waals surface area contributed by atoms with Gasteiger partial charge in [0, 0.05) is 22.5 Å². The van der Waals surface area contributed by atoms with Gasteiger partial charge in [0.15, 0.2) is 11.7 Å². The molecule has 1 amide bonds. The summed E-state index contributed by atoms with van der Waals surface area (Å²) < 4.78 is 66.3. The van der Waals surface area contributed by atoms with Crippen molar-refractivity contribution in [3.05, 3.63) is 53.3 Å². The first-order valence-electron chi connectivity index (χ1n) is 10.8. The molecule has 1 N–H and O–H groups in total. The third kappa shape index (κ3) is 6.29. The van der Waals surface area contributed by atoms with Crippen LogP contribution in [0.2, 0.25) is 0 Å². The number of nitrogens with zero attached hydrogens (tertiary/aromatic N) is 4. The highest BCUT2D eigenvalue weighted by atomic mass is 32.2. The molecule has 0 saturated heterocycles. The zero-order chi connectivity index (χ0) is 26.1. The van der Waals surface area contributed by atoms with Gasteiger partial charge >= 0.3 is 6.18 Å². The summed E-state index contributed by atoms with van der Waals surface area (Å²) in [4.78, 5) is 25.2. The lowest BCUT2D eigenvalue weighted by atomic mass is 10.0. The molecule has 14 heteroatoms.